The standard InChI is InChI=1S/C23H37N3O2/c1-17-9-10-22(28-4)20(15-17)16-25-11-13-26(14-12-25)19(3)23(27)24-21-8-6-5-7-18(21)2/h9-10,15,18-19,21H,5-8,11-14,16H2,1-4H3,(H,24,27)/t18-,19+,21+/m0/s1. The van der Waals surface area contributed by atoms with Gasteiger partial charge in [-0.1, -0.05) is 37.5 Å². The summed E-state index contributed by atoms with van der Waals surface area (Å²) in [5.74, 6) is 1.76. The molecule has 1 aromatic rings. The summed E-state index contributed by atoms with van der Waals surface area (Å²) in [5, 5.41) is 3.33. The number of ether oxygens (including phenoxy) is 1. The van der Waals surface area contributed by atoms with Crippen LogP contribution in [0.1, 0.15) is 50.7 Å². The molecule has 0 bridgehead atoms. The highest BCUT2D eigenvalue weighted by atomic mass is 16.5. The van der Waals surface area contributed by atoms with E-state index >= 15 is 0 Å². The lowest BCUT2D eigenvalue weighted by Crippen LogP contribution is -2.55. The van der Waals surface area contributed by atoms with Crippen LogP contribution in [0.25, 0.3) is 0 Å². The molecule has 156 valence electrons. The molecule has 2 fully saturated rings. The molecule has 1 saturated carbocycles. The summed E-state index contributed by atoms with van der Waals surface area (Å²) in [6.45, 7) is 11.2. The summed E-state index contributed by atoms with van der Waals surface area (Å²) < 4.78 is 5.52. The zero-order valence-electron chi connectivity index (χ0n) is 18.0. The Balaban J connectivity index is 1.49. The Labute approximate surface area is 170 Å². The molecule has 1 aliphatic heterocycles. The quantitative estimate of drug-likeness (QED) is 0.814. The van der Waals surface area contributed by atoms with Crippen molar-refractivity contribution < 1.29 is 9.53 Å². The van der Waals surface area contributed by atoms with Crippen molar-refractivity contribution in [2.24, 2.45) is 5.92 Å². The van der Waals surface area contributed by atoms with Crippen molar-refractivity contribution >= 4 is 5.91 Å². The second-order valence-corrected chi connectivity index (χ2v) is 8.68. The number of carbonyl (C=O) groups is 1. The minimum atomic E-state index is -0.0511. The molecule has 3 atom stereocenters. The average Bonchev–Trinajstić information content (AvgIpc) is 2.70. The summed E-state index contributed by atoms with van der Waals surface area (Å²) in [5.41, 5.74) is 2.50. The van der Waals surface area contributed by atoms with Crippen molar-refractivity contribution in [3.63, 3.8) is 0 Å². The first-order chi connectivity index (χ1) is 13.5. The van der Waals surface area contributed by atoms with E-state index in [9.17, 15) is 4.79 Å². The van der Waals surface area contributed by atoms with Gasteiger partial charge in [0.1, 0.15) is 5.75 Å². The molecule has 1 amide bonds. The molecular formula is C23H37N3O2. The van der Waals surface area contributed by atoms with Gasteiger partial charge in [-0.05, 0) is 38.7 Å². The van der Waals surface area contributed by atoms with Gasteiger partial charge in [-0.2, -0.15) is 0 Å². The third-order valence-electron chi connectivity index (χ3n) is 6.60. The second-order valence-electron chi connectivity index (χ2n) is 8.68. The minimum absolute atomic E-state index is 0.0511. The smallest absolute Gasteiger partial charge is 0.237 e. The molecule has 0 aromatic heterocycles. The maximum atomic E-state index is 12.8. The number of piperazine rings is 1. The fourth-order valence-corrected chi connectivity index (χ4v) is 4.58. The number of aryl methyl sites for hydroxylation is 1. The Hall–Kier alpha value is -1.59. The molecule has 1 aliphatic carbocycles. The molecule has 3 rings (SSSR count). The highest BCUT2D eigenvalue weighted by Crippen LogP contribution is 2.24. The van der Waals surface area contributed by atoms with Crippen molar-refractivity contribution in [1.29, 1.82) is 0 Å². The molecule has 5 nitrogen and oxygen atoms in total. The van der Waals surface area contributed by atoms with Crippen LogP contribution in [-0.4, -0.2) is 61.1 Å². The summed E-state index contributed by atoms with van der Waals surface area (Å²) >= 11 is 0. The molecule has 1 saturated heterocycles. The number of rotatable bonds is 6. The predicted molar refractivity (Wildman–Crippen MR) is 114 cm³/mol. The van der Waals surface area contributed by atoms with Gasteiger partial charge in [0, 0.05) is 44.3 Å². The first-order valence-electron chi connectivity index (χ1n) is 10.9. The molecule has 0 unspecified atom stereocenters. The van der Waals surface area contributed by atoms with Crippen molar-refractivity contribution in [3.05, 3.63) is 29.3 Å². The minimum Gasteiger partial charge on any atom is -0.496 e. The predicted octanol–water partition coefficient (Wildman–Crippen LogP) is 3.20. The molecule has 1 heterocycles. The fraction of sp³-hybridized carbons (Fsp3) is 0.696. The third-order valence-corrected chi connectivity index (χ3v) is 6.60. The third kappa shape index (κ3) is 5.26. The van der Waals surface area contributed by atoms with Gasteiger partial charge in [0.25, 0.3) is 0 Å². The fourth-order valence-electron chi connectivity index (χ4n) is 4.58. The van der Waals surface area contributed by atoms with Crippen LogP contribution < -0.4 is 10.1 Å². The van der Waals surface area contributed by atoms with E-state index < -0.39 is 0 Å². The van der Waals surface area contributed by atoms with Gasteiger partial charge in [0.2, 0.25) is 5.91 Å². The van der Waals surface area contributed by atoms with E-state index in [-0.39, 0.29) is 11.9 Å². The van der Waals surface area contributed by atoms with E-state index in [0.717, 1.165) is 44.9 Å². The van der Waals surface area contributed by atoms with Crippen molar-refractivity contribution in [2.45, 2.75) is 65.1 Å². The number of nitrogens with zero attached hydrogens (tertiary/aromatic N) is 2. The lowest BCUT2D eigenvalue weighted by Gasteiger charge is -2.38. The Morgan fingerprint density at radius 1 is 1.21 bits per heavy atom. The van der Waals surface area contributed by atoms with Crippen LogP contribution in [0.2, 0.25) is 0 Å². The molecule has 0 spiro atoms. The van der Waals surface area contributed by atoms with Crippen molar-refractivity contribution in [1.82, 2.24) is 15.1 Å². The zero-order chi connectivity index (χ0) is 20.1. The summed E-state index contributed by atoms with van der Waals surface area (Å²) in [4.78, 5) is 17.6. The van der Waals surface area contributed by atoms with Gasteiger partial charge in [-0.25, -0.2) is 0 Å². The summed E-state index contributed by atoms with van der Waals surface area (Å²) in [6, 6.07) is 6.67. The highest BCUT2D eigenvalue weighted by molar-refractivity contribution is 5.81. The van der Waals surface area contributed by atoms with E-state index in [2.05, 4.69) is 54.1 Å². The molecule has 2 aliphatic rings. The normalized spacial score (nSPS) is 25.3. The lowest BCUT2D eigenvalue weighted by molar-refractivity contribution is -0.127. The largest absolute Gasteiger partial charge is 0.496 e. The highest BCUT2D eigenvalue weighted by Gasteiger charge is 2.29. The van der Waals surface area contributed by atoms with Gasteiger partial charge >= 0.3 is 0 Å². The summed E-state index contributed by atoms with van der Waals surface area (Å²) in [6.07, 6.45) is 4.91. The first kappa shape index (κ1) is 21.1. The Bertz CT molecular complexity index is 655. The molecule has 0 radical (unpaired) electrons. The first-order valence-corrected chi connectivity index (χ1v) is 10.9. The Morgan fingerprint density at radius 3 is 2.61 bits per heavy atom. The Kier molecular flexibility index (Phi) is 7.36. The molecular weight excluding hydrogens is 350 g/mol. The lowest BCUT2D eigenvalue weighted by atomic mass is 9.86. The second kappa shape index (κ2) is 9.75. The Morgan fingerprint density at radius 2 is 1.93 bits per heavy atom. The number of hydrogen-bond donors (Lipinski definition) is 1. The van der Waals surface area contributed by atoms with Gasteiger partial charge in [-0.15, -0.1) is 0 Å². The maximum Gasteiger partial charge on any atom is 0.237 e. The molecule has 1 aromatic carbocycles. The van der Waals surface area contributed by atoms with Gasteiger partial charge in [0.05, 0.1) is 13.2 Å². The number of hydrogen-bond acceptors (Lipinski definition) is 4. The van der Waals surface area contributed by atoms with Crippen LogP contribution in [0, 0.1) is 12.8 Å². The number of benzene rings is 1. The molecule has 1 N–H and O–H groups in total. The van der Waals surface area contributed by atoms with Crippen LogP contribution in [-0.2, 0) is 11.3 Å². The van der Waals surface area contributed by atoms with Gasteiger partial charge in [-0.3, -0.25) is 14.6 Å². The van der Waals surface area contributed by atoms with Crippen LogP contribution >= 0.6 is 0 Å². The van der Waals surface area contributed by atoms with E-state index in [1.165, 1.54) is 30.4 Å². The zero-order valence-corrected chi connectivity index (χ0v) is 18.0. The van der Waals surface area contributed by atoms with E-state index in [4.69, 9.17) is 4.74 Å². The number of nitrogens with one attached hydrogen (secondary N) is 1. The van der Waals surface area contributed by atoms with Gasteiger partial charge in [0.15, 0.2) is 0 Å². The number of amides is 1. The van der Waals surface area contributed by atoms with Crippen molar-refractivity contribution in [3.8, 4) is 5.75 Å². The van der Waals surface area contributed by atoms with Crippen LogP contribution in [0.3, 0.4) is 0 Å². The van der Waals surface area contributed by atoms with E-state index in [0.29, 0.717) is 12.0 Å². The number of methoxy groups -OCH3 is 1. The average molecular weight is 388 g/mol. The van der Waals surface area contributed by atoms with E-state index in [1.54, 1.807) is 7.11 Å². The topological polar surface area (TPSA) is 44.8 Å². The number of carbonyl (C=O) groups excluding carboxylic acids is 1. The van der Waals surface area contributed by atoms with Crippen molar-refractivity contribution in [2.75, 3.05) is 33.3 Å². The van der Waals surface area contributed by atoms with Gasteiger partial charge < -0.3 is 10.1 Å². The monoisotopic (exact) mass is 387 g/mol. The van der Waals surface area contributed by atoms with Crippen LogP contribution in [0.15, 0.2) is 18.2 Å². The van der Waals surface area contributed by atoms with Crippen LogP contribution in [0.4, 0.5) is 0 Å². The maximum absolute atomic E-state index is 12.8. The van der Waals surface area contributed by atoms with Crippen LogP contribution in [0.5, 0.6) is 5.75 Å². The SMILES string of the molecule is COc1ccc(C)cc1CN1CCN([C@H](C)C(=O)N[C@@H]2CCCC[C@@H]2C)CC1. The molecule has 5 heteroatoms. The van der Waals surface area contributed by atoms with E-state index in [1.807, 2.05) is 0 Å². The summed E-state index contributed by atoms with van der Waals surface area (Å²) in [7, 11) is 1.74. The molecule has 28 heavy (non-hydrogen) atoms.